The summed E-state index contributed by atoms with van der Waals surface area (Å²) in [6.45, 7) is 0.143. The van der Waals surface area contributed by atoms with Crippen LogP contribution in [0.1, 0.15) is 23.4 Å². The number of halogens is 1. The Morgan fingerprint density at radius 1 is 1.08 bits per heavy atom. The number of fused-ring (bicyclic) bond motifs is 3. The number of rotatable bonds is 8. The van der Waals surface area contributed by atoms with Gasteiger partial charge in [-0.1, -0.05) is 23.7 Å². The zero-order chi connectivity index (χ0) is 26.0. The summed E-state index contributed by atoms with van der Waals surface area (Å²) < 4.78 is 45.1. The summed E-state index contributed by atoms with van der Waals surface area (Å²) in [6, 6.07) is 10.3. The highest BCUT2D eigenvalue weighted by molar-refractivity contribution is 7.90. The van der Waals surface area contributed by atoms with Gasteiger partial charge < -0.3 is 14.2 Å². The molecule has 0 spiro atoms. The lowest BCUT2D eigenvalue weighted by atomic mass is 10.1. The zero-order valence-corrected chi connectivity index (χ0v) is 21.6. The van der Waals surface area contributed by atoms with Gasteiger partial charge in [-0.3, -0.25) is 4.57 Å². The number of hydrogen-bond acceptors (Lipinski definition) is 10. The van der Waals surface area contributed by atoms with Gasteiger partial charge in [0.25, 0.3) is 0 Å². The maximum atomic E-state index is 13.1. The maximum absolute atomic E-state index is 13.1. The lowest BCUT2D eigenvalue weighted by Crippen LogP contribution is -2.23. The van der Waals surface area contributed by atoms with Crippen LogP contribution in [0.4, 0.5) is 0 Å². The smallest absolute Gasteiger partial charge is 0.213 e. The molecular formula is C24H23ClN6O5S. The number of sulfone groups is 1. The molecule has 13 heteroatoms. The Balaban J connectivity index is 1.54. The molecule has 0 aliphatic carbocycles. The molecule has 1 atom stereocenters. The summed E-state index contributed by atoms with van der Waals surface area (Å²) >= 11 is 5.82. The maximum Gasteiger partial charge on any atom is 0.213 e. The average Bonchev–Trinajstić information content (AvgIpc) is 3.22. The monoisotopic (exact) mass is 542 g/mol. The normalized spacial score (nSPS) is 14.7. The minimum absolute atomic E-state index is 0.143. The van der Waals surface area contributed by atoms with Crippen molar-refractivity contribution in [3.8, 4) is 28.8 Å². The second kappa shape index (κ2) is 10.3. The number of aryl methyl sites for hydroxylation is 1. The van der Waals surface area contributed by atoms with Gasteiger partial charge in [-0.05, 0) is 18.2 Å². The van der Waals surface area contributed by atoms with Crippen LogP contribution in [0, 0.1) is 0 Å². The molecule has 4 heterocycles. The van der Waals surface area contributed by atoms with E-state index in [1.54, 1.807) is 23.8 Å². The van der Waals surface area contributed by atoms with Crippen molar-refractivity contribution >= 4 is 21.4 Å². The van der Waals surface area contributed by atoms with Crippen LogP contribution in [0.25, 0.3) is 11.4 Å². The van der Waals surface area contributed by atoms with Crippen molar-refractivity contribution < 1.29 is 22.6 Å². The van der Waals surface area contributed by atoms with Crippen LogP contribution in [-0.4, -0.2) is 64.7 Å². The Kier molecular flexibility index (Phi) is 6.94. The van der Waals surface area contributed by atoms with Gasteiger partial charge in [0, 0.05) is 24.9 Å². The van der Waals surface area contributed by atoms with E-state index >= 15 is 0 Å². The highest BCUT2D eigenvalue weighted by Gasteiger charge is 2.32. The third-order valence-corrected chi connectivity index (χ3v) is 7.58. The fraction of sp³-hybridized carbons (Fsp3) is 0.292. The molecule has 0 unspecified atom stereocenters. The number of methoxy groups -OCH3 is 2. The molecule has 0 saturated heterocycles. The Hall–Kier alpha value is -3.77. The first-order chi connectivity index (χ1) is 17.9. The number of para-hydroxylation sites is 1. The number of ether oxygens (including phenoxy) is 3. The third-order valence-electron chi connectivity index (χ3n) is 5.86. The number of pyridine rings is 1. The van der Waals surface area contributed by atoms with E-state index in [1.165, 1.54) is 19.5 Å². The summed E-state index contributed by atoms with van der Waals surface area (Å²) in [7, 11) is -0.529. The van der Waals surface area contributed by atoms with E-state index in [0.717, 1.165) is 0 Å². The van der Waals surface area contributed by atoms with Gasteiger partial charge in [0.05, 0.1) is 36.3 Å². The van der Waals surface area contributed by atoms with Gasteiger partial charge >= 0.3 is 0 Å². The predicted octanol–water partition coefficient (Wildman–Crippen LogP) is 2.94. The molecule has 5 rings (SSSR count). The molecule has 37 heavy (non-hydrogen) atoms. The minimum Gasteiger partial charge on any atom is -0.493 e. The summed E-state index contributed by atoms with van der Waals surface area (Å²) in [5.74, 6) is 2.05. The third kappa shape index (κ3) is 5.20. The number of aromatic nitrogens is 6. The highest BCUT2D eigenvalue weighted by atomic mass is 35.5. The van der Waals surface area contributed by atoms with Gasteiger partial charge in [-0.25, -0.2) is 23.4 Å². The van der Waals surface area contributed by atoms with Crippen LogP contribution >= 0.6 is 11.6 Å². The lowest BCUT2D eigenvalue weighted by Gasteiger charge is -2.20. The molecule has 0 bridgehead atoms. The van der Waals surface area contributed by atoms with E-state index in [4.69, 9.17) is 25.8 Å². The van der Waals surface area contributed by atoms with Crippen molar-refractivity contribution in [3.05, 3.63) is 71.2 Å². The molecule has 0 radical (unpaired) electrons. The molecule has 1 aromatic carbocycles. The van der Waals surface area contributed by atoms with Crippen LogP contribution in [0.3, 0.4) is 0 Å². The van der Waals surface area contributed by atoms with E-state index in [2.05, 4.69) is 25.1 Å². The molecular weight excluding hydrogens is 520 g/mol. The first kappa shape index (κ1) is 24.9. The van der Waals surface area contributed by atoms with Crippen molar-refractivity contribution in [2.45, 2.75) is 18.2 Å². The fourth-order valence-electron chi connectivity index (χ4n) is 4.10. The highest BCUT2D eigenvalue weighted by Crippen LogP contribution is 2.42. The molecule has 3 aromatic heterocycles. The summed E-state index contributed by atoms with van der Waals surface area (Å²) in [5, 5.41) is 9.06. The van der Waals surface area contributed by atoms with Gasteiger partial charge in [-0.15, -0.1) is 10.2 Å². The van der Waals surface area contributed by atoms with Crippen LogP contribution in [0.15, 0.2) is 48.8 Å². The second-order valence-corrected chi connectivity index (χ2v) is 10.9. The Labute approximate surface area is 218 Å². The SMILES string of the molecule is COc1cccc([C@@H]2COc3c(OC)cccc3-c3nnc(CS(=O)(=O)CCc4ncc(Cl)cn4)n32)n1. The Morgan fingerprint density at radius 2 is 1.86 bits per heavy atom. The predicted molar refractivity (Wildman–Crippen MR) is 135 cm³/mol. The molecule has 11 nitrogen and oxygen atoms in total. The largest absolute Gasteiger partial charge is 0.493 e. The van der Waals surface area contributed by atoms with Crippen LogP contribution in [0.2, 0.25) is 5.02 Å². The van der Waals surface area contributed by atoms with E-state index in [0.29, 0.717) is 45.3 Å². The molecule has 192 valence electrons. The number of nitrogens with zero attached hydrogens (tertiary/aromatic N) is 6. The molecule has 4 aromatic rings. The van der Waals surface area contributed by atoms with Crippen molar-refractivity contribution in [2.75, 3.05) is 26.6 Å². The van der Waals surface area contributed by atoms with Crippen LogP contribution in [0.5, 0.6) is 17.4 Å². The molecule has 0 N–H and O–H groups in total. The van der Waals surface area contributed by atoms with Gasteiger partial charge in [0.1, 0.15) is 30.1 Å². The van der Waals surface area contributed by atoms with Gasteiger partial charge in [0.2, 0.25) is 5.88 Å². The quantitative estimate of drug-likeness (QED) is 0.327. The van der Waals surface area contributed by atoms with Gasteiger partial charge in [0.15, 0.2) is 27.2 Å². The average molecular weight is 543 g/mol. The lowest BCUT2D eigenvalue weighted by molar-refractivity contribution is 0.261. The van der Waals surface area contributed by atoms with Crippen molar-refractivity contribution in [1.82, 2.24) is 29.7 Å². The molecule has 0 fully saturated rings. The summed E-state index contributed by atoms with van der Waals surface area (Å²) in [5.41, 5.74) is 1.25. The first-order valence-corrected chi connectivity index (χ1v) is 13.5. The standard InChI is InChI=1S/C24H23ClN6O5S/c1-34-19-7-3-5-16-23(19)36-13-18(17-6-4-8-22(28-17)35-2)31-21(29-30-24(16)31)14-37(32,33)10-9-20-26-11-15(25)12-27-20/h3-8,11-12,18H,9-10,13-14H2,1-2H3/t18-/m0/s1. The minimum atomic E-state index is -3.61. The topological polar surface area (TPSA) is 131 Å². The number of benzene rings is 1. The zero-order valence-electron chi connectivity index (χ0n) is 20.0. The molecule has 0 saturated carbocycles. The molecule has 1 aliphatic heterocycles. The second-order valence-electron chi connectivity index (χ2n) is 8.24. The Morgan fingerprint density at radius 3 is 2.62 bits per heavy atom. The van der Waals surface area contributed by atoms with Crippen LogP contribution in [-0.2, 0) is 22.0 Å². The van der Waals surface area contributed by atoms with E-state index in [9.17, 15) is 8.42 Å². The summed E-state index contributed by atoms with van der Waals surface area (Å²) in [6.07, 6.45) is 3.02. The molecule has 0 amide bonds. The first-order valence-electron chi connectivity index (χ1n) is 11.3. The van der Waals surface area contributed by atoms with Crippen molar-refractivity contribution in [2.24, 2.45) is 0 Å². The fourth-order valence-corrected chi connectivity index (χ4v) is 5.43. The van der Waals surface area contributed by atoms with Crippen molar-refractivity contribution in [1.29, 1.82) is 0 Å². The Bertz CT molecular complexity index is 1530. The van der Waals surface area contributed by atoms with Gasteiger partial charge in [-0.2, -0.15) is 0 Å². The molecule has 1 aliphatic rings. The van der Waals surface area contributed by atoms with Crippen molar-refractivity contribution in [3.63, 3.8) is 0 Å². The summed E-state index contributed by atoms with van der Waals surface area (Å²) in [4.78, 5) is 12.7. The van der Waals surface area contributed by atoms with Crippen LogP contribution < -0.4 is 14.2 Å². The van der Waals surface area contributed by atoms with E-state index in [1.807, 2.05) is 24.3 Å². The van der Waals surface area contributed by atoms with E-state index in [-0.39, 0.29) is 30.4 Å². The van der Waals surface area contributed by atoms with E-state index < -0.39 is 15.9 Å². The number of hydrogen-bond donors (Lipinski definition) is 0.